The maximum absolute atomic E-state index is 12.7. The summed E-state index contributed by atoms with van der Waals surface area (Å²) in [4.78, 5) is 21.7. The molecule has 154 valence electrons. The van der Waals surface area contributed by atoms with Crippen LogP contribution < -0.4 is 5.32 Å². The van der Waals surface area contributed by atoms with Crippen molar-refractivity contribution in [2.75, 3.05) is 0 Å². The molecule has 6 nitrogen and oxygen atoms in total. The van der Waals surface area contributed by atoms with Crippen LogP contribution in [0, 0.1) is 5.92 Å². The van der Waals surface area contributed by atoms with E-state index in [2.05, 4.69) is 38.5 Å². The van der Waals surface area contributed by atoms with Crippen LogP contribution in [0.15, 0.2) is 42.5 Å². The van der Waals surface area contributed by atoms with Crippen molar-refractivity contribution in [3.05, 3.63) is 59.5 Å². The number of hydrogen-bond donors (Lipinski definition) is 3. The van der Waals surface area contributed by atoms with Crippen LogP contribution in [0.4, 0.5) is 0 Å². The number of imidazole rings is 1. The van der Waals surface area contributed by atoms with Gasteiger partial charge in [0.2, 0.25) is 5.82 Å². The zero-order chi connectivity index (χ0) is 20.7. The zero-order valence-electron chi connectivity index (χ0n) is 17.4. The average molecular weight is 402 g/mol. The first-order valence-electron chi connectivity index (χ1n) is 10.8. The van der Waals surface area contributed by atoms with Gasteiger partial charge in [0.25, 0.3) is 5.91 Å². The van der Waals surface area contributed by atoms with Crippen LogP contribution in [0.25, 0.3) is 21.9 Å². The molecule has 0 spiro atoms. The summed E-state index contributed by atoms with van der Waals surface area (Å²) in [5, 5.41) is 10.8. The van der Waals surface area contributed by atoms with Crippen molar-refractivity contribution in [1.82, 2.24) is 25.5 Å². The number of hydrogen-bond acceptors (Lipinski definition) is 3. The van der Waals surface area contributed by atoms with Gasteiger partial charge in [-0.3, -0.25) is 4.79 Å². The molecule has 4 aromatic rings. The van der Waals surface area contributed by atoms with Gasteiger partial charge >= 0.3 is 0 Å². The van der Waals surface area contributed by atoms with Crippen molar-refractivity contribution >= 4 is 27.8 Å². The van der Waals surface area contributed by atoms with Crippen molar-refractivity contribution in [2.45, 2.75) is 51.5 Å². The molecular formula is C24H27N5O. The Morgan fingerprint density at radius 3 is 2.47 bits per heavy atom. The van der Waals surface area contributed by atoms with E-state index in [-0.39, 0.29) is 17.8 Å². The van der Waals surface area contributed by atoms with Gasteiger partial charge in [-0.15, -0.1) is 0 Å². The van der Waals surface area contributed by atoms with Crippen LogP contribution in [-0.2, 0) is 0 Å². The van der Waals surface area contributed by atoms with E-state index in [1.807, 2.05) is 43.3 Å². The number of amides is 1. The normalized spacial score (nSPS) is 20.5. The number of H-pyrrole nitrogens is 2. The Hall–Kier alpha value is -3.15. The van der Waals surface area contributed by atoms with Gasteiger partial charge in [0.15, 0.2) is 0 Å². The van der Waals surface area contributed by atoms with Crippen molar-refractivity contribution in [1.29, 1.82) is 0 Å². The number of benzene rings is 2. The van der Waals surface area contributed by atoms with Crippen molar-refractivity contribution < 1.29 is 4.79 Å². The Balaban J connectivity index is 1.41. The molecule has 1 atom stereocenters. The molecule has 0 saturated heterocycles. The van der Waals surface area contributed by atoms with Gasteiger partial charge in [0, 0.05) is 17.0 Å². The van der Waals surface area contributed by atoms with Crippen LogP contribution in [0.1, 0.15) is 73.4 Å². The van der Waals surface area contributed by atoms with Crippen molar-refractivity contribution in [3.8, 4) is 0 Å². The first-order chi connectivity index (χ1) is 14.6. The summed E-state index contributed by atoms with van der Waals surface area (Å²) in [6.07, 6.45) is 4.96. The van der Waals surface area contributed by atoms with Crippen LogP contribution in [0.5, 0.6) is 0 Å². The number of nitrogens with zero attached hydrogens (tertiary/aromatic N) is 2. The lowest BCUT2D eigenvalue weighted by Gasteiger charge is -2.25. The average Bonchev–Trinajstić information content (AvgIpc) is 3.37. The molecule has 1 amide bonds. The summed E-state index contributed by atoms with van der Waals surface area (Å²) < 4.78 is 0. The standard InChI is InChI=1S/C24H27N5O/c1-14-8-10-17(11-9-14)22-18-12-20-21(13-19(18)28-29-22)27-23(26-20)24(30)25-15(2)16-6-4-3-5-7-16/h3-7,12-15,17,28-29H,8-11H2,1-2H3,(H,25,30)/t14?,15-,17?/m1/s1. The molecule has 2 aromatic carbocycles. The van der Waals surface area contributed by atoms with E-state index in [0.717, 1.165) is 33.4 Å². The fourth-order valence-electron chi connectivity index (χ4n) is 4.60. The Bertz CT molecular complexity index is 1180. The molecular weight excluding hydrogens is 374 g/mol. The van der Waals surface area contributed by atoms with Crippen molar-refractivity contribution in [2.24, 2.45) is 5.92 Å². The summed E-state index contributed by atoms with van der Waals surface area (Å²) in [6.45, 7) is 4.30. The van der Waals surface area contributed by atoms with Gasteiger partial charge in [-0.1, -0.05) is 50.1 Å². The number of aromatic nitrogens is 4. The second-order valence-electron chi connectivity index (χ2n) is 8.66. The van der Waals surface area contributed by atoms with Crippen LogP contribution in [0.2, 0.25) is 0 Å². The van der Waals surface area contributed by atoms with Gasteiger partial charge < -0.3 is 15.5 Å². The molecule has 0 unspecified atom stereocenters. The lowest BCUT2D eigenvalue weighted by atomic mass is 9.81. The monoisotopic (exact) mass is 401 g/mol. The number of carbonyl (C=O) groups is 1. The quantitative estimate of drug-likeness (QED) is 0.438. The Labute approximate surface area is 175 Å². The topological polar surface area (TPSA) is 86.5 Å². The summed E-state index contributed by atoms with van der Waals surface area (Å²) in [5.41, 5.74) is 4.82. The lowest BCUT2D eigenvalue weighted by Crippen LogP contribution is -2.27. The fourth-order valence-corrected chi connectivity index (χ4v) is 4.60. The molecule has 6 heteroatoms. The fraction of sp³-hybridized carbons (Fsp3) is 0.375. The Kier molecular flexibility index (Phi) is 4.77. The molecule has 1 saturated carbocycles. The smallest absolute Gasteiger partial charge is 0.289 e. The van der Waals surface area contributed by atoms with E-state index in [1.165, 1.54) is 31.4 Å². The largest absolute Gasteiger partial charge is 0.343 e. The van der Waals surface area contributed by atoms with Gasteiger partial charge in [0.05, 0.1) is 22.6 Å². The molecule has 0 radical (unpaired) electrons. The molecule has 2 heterocycles. The van der Waals surface area contributed by atoms with Gasteiger partial charge in [-0.05, 0) is 43.4 Å². The second-order valence-corrected chi connectivity index (χ2v) is 8.66. The van der Waals surface area contributed by atoms with Gasteiger partial charge in [-0.2, -0.15) is 0 Å². The van der Waals surface area contributed by atoms with E-state index in [1.54, 1.807) is 0 Å². The van der Waals surface area contributed by atoms with Gasteiger partial charge in [-0.25, -0.2) is 9.97 Å². The first kappa shape index (κ1) is 18.9. The summed E-state index contributed by atoms with van der Waals surface area (Å²) in [5.74, 6) is 1.33. The highest BCUT2D eigenvalue weighted by Crippen LogP contribution is 2.38. The molecule has 1 aliphatic carbocycles. The summed E-state index contributed by atoms with van der Waals surface area (Å²) >= 11 is 0. The minimum absolute atomic E-state index is 0.107. The van der Waals surface area contributed by atoms with E-state index in [9.17, 15) is 4.79 Å². The Morgan fingerprint density at radius 2 is 1.73 bits per heavy atom. The Morgan fingerprint density at radius 1 is 1.03 bits per heavy atom. The molecule has 1 aliphatic rings. The van der Waals surface area contributed by atoms with Gasteiger partial charge in [0.1, 0.15) is 0 Å². The zero-order valence-corrected chi connectivity index (χ0v) is 17.4. The number of rotatable bonds is 4. The molecule has 0 aliphatic heterocycles. The predicted molar refractivity (Wildman–Crippen MR) is 118 cm³/mol. The maximum Gasteiger partial charge on any atom is 0.289 e. The third-order valence-corrected chi connectivity index (χ3v) is 6.46. The number of carbonyl (C=O) groups excluding carboxylic acids is 1. The summed E-state index contributed by atoms with van der Waals surface area (Å²) in [6, 6.07) is 13.8. The highest BCUT2D eigenvalue weighted by atomic mass is 16.2. The predicted octanol–water partition coefficient (Wildman–Crippen LogP) is 5.22. The number of fused-ring (bicyclic) bond motifs is 2. The lowest BCUT2D eigenvalue weighted by molar-refractivity contribution is 0.0930. The molecule has 30 heavy (non-hydrogen) atoms. The maximum atomic E-state index is 12.7. The third kappa shape index (κ3) is 3.47. The first-order valence-corrected chi connectivity index (χ1v) is 10.8. The number of aromatic amines is 2. The second kappa shape index (κ2) is 7.59. The highest BCUT2D eigenvalue weighted by molar-refractivity contribution is 5.99. The minimum atomic E-state index is -0.251. The number of nitrogens with one attached hydrogen (secondary N) is 3. The van der Waals surface area contributed by atoms with Crippen LogP contribution in [-0.4, -0.2) is 26.1 Å². The summed E-state index contributed by atoms with van der Waals surface area (Å²) in [7, 11) is 0. The van der Waals surface area contributed by atoms with Crippen molar-refractivity contribution in [3.63, 3.8) is 0 Å². The van der Waals surface area contributed by atoms with E-state index < -0.39 is 0 Å². The molecule has 2 aromatic heterocycles. The van der Waals surface area contributed by atoms with E-state index >= 15 is 0 Å². The molecule has 5 rings (SSSR count). The van der Waals surface area contributed by atoms with Crippen LogP contribution >= 0.6 is 0 Å². The minimum Gasteiger partial charge on any atom is -0.343 e. The highest BCUT2D eigenvalue weighted by Gasteiger charge is 2.23. The SMILES string of the molecule is CC1CCC(c2[nH][nH]c3cc4nc(C(=O)N[C@H](C)c5ccccc5)nc4cc23)CC1. The molecule has 0 bridgehead atoms. The molecule has 3 N–H and O–H groups in total. The van der Waals surface area contributed by atoms with Crippen LogP contribution in [0.3, 0.4) is 0 Å². The van der Waals surface area contributed by atoms with E-state index in [4.69, 9.17) is 0 Å². The molecule has 1 fully saturated rings. The third-order valence-electron chi connectivity index (χ3n) is 6.46. The van der Waals surface area contributed by atoms with E-state index in [0.29, 0.717) is 5.92 Å².